The van der Waals surface area contributed by atoms with Gasteiger partial charge < -0.3 is 4.98 Å². The Morgan fingerprint density at radius 1 is 0.654 bits per heavy atom. The molecule has 1 heteroatoms. The number of hydrogen-bond acceptors (Lipinski definition) is 0. The van der Waals surface area contributed by atoms with Gasteiger partial charge in [-0.2, -0.15) is 0 Å². The van der Waals surface area contributed by atoms with Gasteiger partial charge in [-0.15, -0.1) is 0 Å². The van der Waals surface area contributed by atoms with E-state index in [-0.39, 0.29) is 0 Å². The lowest BCUT2D eigenvalue weighted by atomic mass is 10.0. The van der Waals surface area contributed by atoms with E-state index >= 15 is 0 Å². The largest absolute Gasteiger partial charge is 0.362 e. The van der Waals surface area contributed by atoms with Crippen molar-refractivity contribution in [2.45, 2.75) is 122 Å². The SMILES string of the molecule is CCCCCCCCCCCCCCCCCCC/C=C/c1ccc[nH]1. The van der Waals surface area contributed by atoms with Crippen LogP contribution in [0.15, 0.2) is 24.4 Å². The molecule has 0 saturated carbocycles. The van der Waals surface area contributed by atoms with Crippen molar-refractivity contribution in [1.29, 1.82) is 0 Å². The summed E-state index contributed by atoms with van der Waals surface area (Å²) >= 11 is 0. The summed E-state index contributed by atoms with van der Waals surface area (Å²) in [6.45, 7) is 2.30. The van der Waals surface area contributed by atoms with Crippen LogP contribution in [0.4, 0.5) is 0 Å². The standard InChI is InChI=1S/C25H45N/c1-2-3-4-5-6-7-8-9-10-11-12-13-14-15-16-17-18-19-20-22-25-23-21-24-26-25/h20-24,26H,2-19H2,1H3/b22-20+. The van der Waals surface area contributed by atoms with Crippen molar-refractivity contribution < 1.29 is 0 Å². The summed E-state index contributed by atoms with van der Waals surface area (Å²) in [6, 6.07) is 4.17. The first-order valence-corrected chi connectivity index (χ1v) is 11.7. The number of nitrogens with one attached hydrogen (secondary N) is 1. The van der Waals surface area contributed by atoms with Gasteiger partial charge in [0, 0.05) is 11.9 Å². The minimum absolute atomic E-state index is 1.22. The molecule has 0 fully saturated rings. The van der Waals surface area contributed by atoms with Gasteiger partial charge in [0.05, 0.1) is 0 Å². The van der Waals surface area contributed by atoms with E-state index in [4.69, 9.17) is 0 Å². The fraction of sp³-hybridized carbons (Fsp3) is 0.760. The molecule has 26 heavy (non-hydrogen) atoms. The number of unbranched alkanes of at least 4 members (excludes halogenated alkanes) is 17. The molecule has 0 amide bonds. The maximum atomic E-state index is 3.21. The third-order valence-corrected chi connectivity index (χ3v) is 5.39. The molecule has 0 aromatic carbocycles. The highest BCUT2D eigenvalue weighted by molar-refractivity contribution is 5.43. The zero-order chi connectivity index (χ0) is 18.5. The predicted octanol–water partition coefficient (Wildman–Crippen LogP) is 9.07. The highest BCUT2D eigenvalue weighted by Gasteiger charge is 1.94. The molecule has 1 nitrogen and oxygen atoms in total. The fourth-order valence-electron chi connectivity index (χ4n) is 3.65. The molecular formula is C25H45N. The fourth-order valence-corrected chi connectivity index (χ4v) is 3.65. The molecule has 0 bridgehead atoms. The van der Waals surface area contributed by atoms with Gasteiger partial charge in [0.1, 0.15) is 0 Å². The van der Waals surface area contributed by atoms with Crippen molar-refractivity contribution in [1.82, 2.24) is 4.98 Å². The third-order valence-electron chi connectivity index (χ3n) is 5.39. The molecule has 1 heterocycles. The maximum absolute atomic E-state index is 3.21. The Morgan fingerprint density at radius 3 is 1.54 bits per heavy atom. The maximum Gasteiger partial charge on any atom is 0.0377 e. The molecule has 0 atom stereocenters. The number of allylic oxidation sites excluding steroid dienone is 1. The van der Waals surface area contributed by atoms with Crippen LogP contribution in [0.25, 0.3) is 6.08 Å². The number of rotatable bonds is 19. The highest BCUT2D eigenvalue weighted by Crippen LogP contribution is 2.14. The second-order valence-electron chi connectivity index (χ2n) is 7.97. The zero-order valence-corrected chi connectivity index (χ0v) is 17.6. The van der Waals surface area contributed by atoms with E-state index in [1.54, 1.807) is 0 Å². The van der Waals surface area contributed by atoms with Crippen molar-refractivity contribution in [3.63, 3.8) is 0 Å². The molecule has 1 N–H and O–H groups in total. The van der Waals surface area contributed by atoms with E-state index in [0.29, 0.717) is 0 Å². The quantitative estimate of drug-likeness (QED) is 0.237. The summed E-state index contributed by atoms with van der Waals surface area (Å²) in [7, 11) is 0. The van der Waals surface area contributed by atoms with Crippen LogP contribution in [0.5, 0.6) is 0 Å². The smallest absolute Gasteiger partial charge is 0.0377 e. The molecule has 1 aromatic heterocycles. The first-order valence-electron chi connectivity index (χ1n) is 11.7. The number of aromatic amines is 1. The summed E-state index contributed by atoms with van der Waals surface area (Å²) < 4.78 is 0. The van der Waals surface area contributed by atoms with Gasteiger partial charge in [0.25, 0.3) is 0 Å². The minimum Gasteiger partial charge on any atom is -0.362 e. The Labute approximate surface area is 164 Å². The second kappa shape index (κ2) is 18.8. The van der Waals surface area contributed by atoms with Crippen molar-refractivity contribution in [2.24, 2.45) is 0 Å². The van der Waals surface area contributed by atoms with Gasteiger partial charge in [-0.25, -0.2) is 0 Å². The Hall–Kier alpha value is -0.980. The van der Waals surface area contributed by atoms with Crippen LogP contribution in [-0.2, 0) is 0 Å². The molecule has 1 aromatic rings. The molecule has 0 unspecified atom stereocenters. The van der Waals surface area contributed by atoms with E-state index < -0.39 is 0 Å². The van der Waals surface area contributed by atoms with Crippen LogP contribution in [0.2, 0.25) is 0 Å². The van der Waals surface area contributed by atoms with Crippen LogP contribution in [0, 0.1) is 0 Å². The number of hydrogen-bond donors (Lipinski definition) is 1. The van der Waals surface area contributed by atoms with Crippen molar-refractivity contribution >= 4 is 6.08 Å². The molecule has 150 valence electrons. The molecule has 0 radical (unpaired) electrons. The molecule has 0 aliphatic rings. The molecule has 0 aliphatic carbocycles. The topological polar surface area (TPSA) is 15.8 Å². The molecule has 0 saturated heterocycles. The predicted molar refractivity (Wildman–Crippen MR) is 119 cm³/mol. The van der Waals surface area contributed by atoms with Crippen molar-refractivity contribution in [2.75, 3.05) is 0 Å². The third kappa shape index (κ3) is 15.3. The number of aromatic nitrogens is 1. The summed E-state index contributed by atoms with van der Waals surface area (Å²) in [5.41, 5.74) is 1.22. The Bertz CT molecular complexity index is 390. The number of H-pyrrole nitrogens is 1. The average Bonchev–Trinajstić information content (AvgIpc) is 3.17. The molecule has 0 spiro atoms. The zero-order valence-electron chi connectivity index (χ0n) is 17.6. The first kappa shape index (κ1) is 23.1. The lowest BCUT2D eigenvalue weighted by Crippen LogP contribution is -1.83. The van der Waals surface area contributed by atoms with Crippen molar-refractivity contribution in [3.8, 4) is 0 Å². The molecule has 1 rings (SSSR count). The normalized spacial score (nSPS) is 11.6. The van der Waals surface area contributed by atoms with Crippen LogP contribution in [0.3, 0.4) is 0 Å². The lowest BCUT2D eigenvalue weighted by molar-refractivity contribution is 0.527. The van der Waals surface area contributed by atoms with E-state index in [1.807, 2.05) is 6.20 Å². The average molecular weight is 360 g/mol. The van der Waals surface area contributed by atoms with Gasteiger partial charge >= 0.3 is 0 Å². The van der Waals surface area contributed by atoms with Crippen molar-refractivity contribution in [3.05, 3.63) is 30.1 Å². The Kier molecular flexibility index (Phi) is 16.7. The van der Waals surface area contributed by atoms with Gasteiger partial charge in [0.2, 0.25) is 0 Å². The first-order chi connectivity index (χ1) is 12.9. The summed E-state index contributed by atoms with van der Waals surface area (Å²) in [4.78, 5) is 3.21. The van der Waals surface area contributed by atoms with Crippen LogP contribution in [0.1, 0.15) is 128 Å². The lowest BCUT2D eigenvalue weighted by Gasteiger charge is -2.03. The summed E-state index contributed by atoms with van der Waals surface area (Å²) in [5.74, 6) is 0. The van der Waals surface area contributed by atoms with Crippen LogP contribution >= 0.6 is 0 Å². The molecular weight excluding hydrogens is 314 g/mol. The summed E-state index contributed by atoms with van der Waals surface area (Å²) in [5, 5.41) is 0. The van der Waals surface area contributed by atoms with Gasteiger partial charge in [-0.05, 0) is 31.1 Å². The minimum atomic E-state index is 1.22. The van der Waals surface area contributed by atoms with Gasteiger partial charge in [-0.1, -0.05) is 116 Å². The van der Waals surface area contributed by atoms with Gasteiger partial charge in [-0.3, -0.25) is 0 Å². The van der Waals surface area contributed by atoms with Gasteiger partial charge in [0.15, 0.2) is 0 Å². The van der Waals surface area contributed by atoms with E-state index in [1.165, 1.54) is 121 Å². The Balaban J connectivity index is 1.68. The van der Waals surface area contributed by atoms with E-state index in [2.05, 4.69) is 36.2 Å². The van der Waals surface area contributed by atoms with Crippen LogP contribution < -0.4 is 0 Å². The second-order valence-corrected chi connectivity index (χ2v) is 7.97. The van der Waals surface area contributed by atoms with Crippen LogP contribution in [-0.4, -0.2) is 4.98 Å². The summed E-state index contributed by atoms with van der Waals surface area (Å²) in [6.07, 6.45) is 32.3. The molecule has 0 aliphatic heterocycles. The van der Waals surface area contributed by atoms with E-state index in [9.17, 15) is 0 Å². The Morgan fingerprint density at radius 2 is 1.12 bits per heavy atom. The van der Waals surface area contributed by atoms with E-state index in [0.717, 1.165) is 0 Å². The monoisotopic (exact) mass is 359 g/mol. The highest BCUT2D eigenvalue weighted by atomic mass is 14.7.